The molecule has 1 aliphatic rings. The topological polar surface area (TPSA) is 29.9 Å². The van der Waals surface area contributed by atoms with E-state index < -0.39 is 0 Å². The SMILES string of the molecule is CCn1cc(-c2ccc(CNC3CC3)c(F)c2)c(C)n1. The first-order valence-electron chi connectivity index (χ1n) is 7.23. The third kappa shape index (κ3) is 2.75. The van der Waals surface area contributed by atoms with E-state index in [1.807, 2.05) is 36.9 Å². The summed E-state index contributed by atoms with van der Waals surface area (Å²) in [4.78, 5) is 0. The Bertz CT molecular complexity index is 614. The molecule has 0 aliphatic heterocycles. The summed E-state index contributed by atoms with van der Waals surface area (Å²) in [7, 11) is 0. The maximum atomic E-state index is 14.2. The Labute approximate surface area is 118 Å². The van der Waals surface area contributed by atoms with Gasteiger partial charge in [-0.25, -0.2) is 4.39 Å². The third-order valence-electron chi connectivity index (χ3n) is 3.79. The van der Waals surface area contributed by atoms with Gasteiger partial charge in [-0.1, -0.05) is 12.1 Å². The fraction of sp³-hybridized carbons (Fsp3) is 0.438. The second-order valence-electron chi connectivity index (χ2n) is 5.45. The Morgan fingerprint density at radius 1 is 1.40 bits per heavy atom. The van der Waals surface area contributed by atoms with Crippen LogP contribution in [0.25, 0.3) is 11.1 Å². The number of halogens is 1. The van der Waals surface area contributed by atoms with Gasteiger partial charge in [-0.2, -0.15) is 5.10 Å². The summed E-state index contributed by atoms with van der Waals surface area (Å²) in [5.41, 5.74) is 3.58. The lowest BCUT2D eigenvalue weighted by atomic mass is 10.0. The van der Waals surface area contributed by atoms with E-state index in [-0.39, 0.29) is 5.82 Å². The van der Waals surface area contributed by atoms with Crippen LogP contribution in [0.15, 0.2) is 24.4 Å². The quantitative estimate of drug-likeness (QED) is 0.906. The molecule has 1 N–H and O–H groups in total. The Balaban J connectivity index is 1.82. The fourth-order valence-corrected chi connectivity index (χ4v) is 2.36. The normalized spacial score (nSPS) is 14.8. The van der Waals surface area contributed by atoms with Gasteiger partial charge in [0.2, 0.25) is 0 Å². The van der Waals surface area contributed by atoms with Gasteiger partial charge in [-0.3, -0.25) is 4.68 Å². The molecule has 3 nitrogen and oxygen atoms in total. The zero-order valence-electron chi connectivity index (χ0n) is 12.0. The second-order valence-corrected chi connectivity index (χ2v) is 5.45. The smallest absolute Gasteiger partial charge is 0.128 e. The molecule has 1 aromatic carbocycles. The summed E-state index contributed by atoms with van der Waals surface area (Å²) in [6.45, 7) is 5.45. The van der Waals surface area contributed by atoms with Crippen molar-refractivity contribution in [3.05, 3.63) is 41.5 Å². The van der Waals surface area contributed by atoms with Crippen molar-refractivity contribution in [2.24, 2.45) is 0 Å². The highest BCUT2D eigenvalue weighted by Crippen LogP contribution is 2.25. The van der Waals surface area contributed by atoms with Gasteiger partial charge in [0.05, 0.1) is 5.69 Å². The van der Waals surface area contributed by atoms with Crippen LogP contribution >= 0.6 is 0 Å². The van der Waals surface area contributed by atoms with Crippen LogP contribution in [-0.4, -0.2) is 15.8 Å². The highest BCUT2D eigenvalue weighted by atomic mass is 19.1. The minimum absolute atomic E-state index is 0.140. The van der Waals surface area contributed by atoms with Crippen molar-refractivity contribution in [1.29, 1.82) is 0 Å². The van der Waals surface area contributed by atoms with Crippen molar-refractivity contribution >= 4 is 0 Å². The lowest BCUT2D eigenvalue weighted by molar-refractivity contribution is 0.587. The molecule has 0 unspecified atom stereocenters. The molecule has 0 spiro atoms. The molecule has 0 saturated heterocycles. The Kier molecular flexibility index (Phi) is 3.57. The van der Waals surface area contributed by atoms with Crippen LogP contribution in [0.3, 0.4) is 0 Å². The van der Waals surface area contributed by atoms with Crippen molar-refractivity contribution in [3.63, 3.8) is 0 Å². The van der Waals surface area contributed by atoms with Crippen LogP contribution in [0.4, 0.5) is 4.39 Å². The van der Waals surface area contributed by atoms with E-state index in [4.69, 9.17) is 0 Å². The molecule has 106 valence electrons. The van der Waals surface area contributed by atoms with Gasteiger partial charge in [0, 0.05) is 36.5 Å². The Morgan fingerprint density at radius 3 is 2.80 bits per heavy atom. The second kappa shape index (κ2) is 5.37. The van der Waals surface area contributed by atoms with Gasteiger partial charge in [-0.15, -0.1) is 0 Å². The van der Waals surface area contributed by atoms with E-state index in [0.29, 0.717) is 12.6 Å². The maximum Gasteiger partial charge on any atom is 0.128 e. The molecule has 20 heavy (non-hydrogen) atoms. The van der Waals surface area contributed by atoms with E-state index >= 15 is 0 Å². The first-order valence-corrected chi connectivity index (χ1v) is 7.23. The minimum atomic E-state index is -0.140. The lowest BCUT2D eigenvalue weighted by Gasteiger charge is -2.07. The first kappa shape index (κ1) is 13.3. The molecular formula is C16H20FN3. The van der Waals surface area contributed by atoms with Gasteiger partial charge < -0.3 is 5.32 Å². The summed E-state index contributed by atoms with van der Waals surface area (Å²) in [6, 6.07) is 6.08. The molecule has 4 heteroatoms. The van der Waals surface area contributed by atoms with E-state index in [9.17, 15) is 4.39 Å². The molecule has 2 aromatic rings. The van der Waals surface area contributed by atoms with Gasteiger partial charge in [0.25, 0.3) is 0 Å². The Morgan fingerprint density at radius 2 is 2.20 bits per heavy atom. The number of nitrogens with zero attached hydrogens (tertiary/aromatic N) is 2. The van der Waals surface area contributed by atoms with Crippen molar-refractivity contribution in [1.82, 2.24) is 15.1 Å². The molecule has 1 aromatic heterocycles. The molecule has 1 aliphatic carbocycles. The number of nitrogens with one attached hydrogen (secondary N) is 1. The minimum Gasteiger partial charge on any atom is -0.310 e. The summed E-state index contributed by atoms with van der Waals surface area (Å²) >= 11 is 0. The number of aromatic nitrogens is 2. The predicted molar refractivity (Wildman–Crippen MR) is 77.9 cm³/mol. The third-order valence-corrected chi connectivity index (χ3v) is 3.79. The van der Waals surface area contributed by atoms with Gasteiger partial charge in [0.1, 0.15) is 5.82 Å². The Hall–Kier alpha value is -1.68. The summed E-state index contributed by atoms with van der Waals surface area (Å²) in [5.74, 6) is -0.140. The van der Waals surface area contributed by atoms with Crippen LogP contribution in [-0.2, 0) is 13.1 Å². The maximum absolute atomic E-state index is 14.2. The zero-order chi connectivity index (χ0) is 14.1. The standard InChI is InChI=1S/C16H20FN3/c1-3-20-10-15(11(2)19-20)12-4-5-13(16(17)8-12)9-18-14-6-7-14/h4-5,8,10,14,18H,3,6-7,9H2,1-2H3. The number of aryl methyl sites for hydroxylation is 2. The lowest BCUT2D eigenvalue weighted by Crippen LogP contribution is -2.16. The average Bonchev–Trinajstić information content (AvgIpc) is 3.19. The van der Waals surface area contributed by atoms with Crippen molar-refractivity contribution in [2.45, 2.75) is 45.8 Å². The van der Waals surface area contributed by atoms with Crippen LogP contribution < -0.4 is 5.32 Å². The highest BCUT2D eigenvalue weighted by molar-refractivity contribution is 5.65. The van der Waals surface area contributed by atoms with E-state index in [1.54, 1.807) is 6.07 Å². The van der Waals surface area contributed by atoms with Crippen molar-refractivity contribution in [3.8, 4) is 11.1 Å². The van der Waals surface area contributed by atoms with E-state index in [0.717, 1.165) is 28.9 Å². The van der Waals surface area contributed by atoms with Crippen molar-refractivity contribution in [2.75, 3.05) is 0 Å². The van der Waals surface area contributed by atoms with Crippen molar-refractivity contribution < 1.29 is 4.39 Å². The number of rotatable bonds is 5. The average molecular weight is 273 g/mol. The zero-order valence-corrected chi connectivity index (χ0v) is 12.0. The molecule has 0 radical (unpaired) electrons. The number of benzene rings is 1. The highest BCUT2D eigenvalue weighted by Gasteiger charge is 2.20. The van der Waals surface area contributed by atoms with Crippen LogP contribution in [0.2, 0.25) is 0 Å². The van der Waals surface area contributed by atoms with Gasteiger partial charge in [-0.05, 0) is 38.3 Å². The van der Waals surface area contributed by atoms with E-state index in [2.05, 4.69) is 10.4 Å². The molecule has 0 amide bonds. The molecule has 3 rings (SSSR count). The molecule has 0 bridgehead atoms. The molecular weight excluding hydrogens is 253 g/mol. The summed E-state index contributed by atoms with van der Waals surface area (Å²) in [5, 5.41) is 7.75. The largest absolute Gasteiger partial charge is 0.310 e. The van der Waals surface area contributed by atoms with Gasteiger partial charge >= 0.3 is 0 Å². The molecule has 0 atom stereocenters. The van der Waals surface area contributed by atoms with Gasteiger partial charge in [0.15, 0.2) is 0 Å². The van der Waals surface area contributed by atoms with E-state index in [1.165, 1.54) is 12.8 Å². The number of hydrogen-bond acceptors (Lipinski definition) is 2. The molecule has 1 fully saturated rings. The van der Waals surface area contributed by atoms with Crippen LogP contribution in [0, 0.1) is 12.7 Å². The first-order chi connectivity index (χ1) is 9.67. The molecule has 1 saturated carbocycles. The van der Waals surface area contributed by atoms with Crippen LogP contribution in [0.1, 0.15) is 31.0 Å². The summed E-state index contributed by atoms with van der Waals surface area (Å²) in [6.07, 6.45) is 4.41. The monoisotopic (exact) mass is 273 g/mol. The summed E-state index contributed by atoms with van der Waals surface area (Å²) < 4.78 is 16.0. The molecule has 1 heterocycles. The number of hydrogen-bond donors (Lipinski definition) is 1. The van der Waals surface area contributed by atoms with Crippen LogP contribution in [0.5, 0.6) is 0 Å². The predicted octanol–water partition coefficient (Wildman–Crippen LogP) is 3.27. The fourth-order valence-electron chi connectivity index (χ4n) is 2.36.